The molecule has 1 saturated carbocycles. The maximum absolute atomic E-state index is 11.5. The summed E-state index contributed by atoms with van der Waals surface area (Å²) in [6.07, 6.45) is 2.43. The molecule has 3 heteroatoms. The summed E-state index contributed by atoms with van der Waals surface area (Å²) in [7, 11) is 0. The van der Waals surface area contributed by atoms with Crippen LogP contribution in [0.2, 0.25) is 5.02 Å². The standard InChI is InChI=1S/C14H17ClO2/c1-9(2)10-6-11(8-12(15)7-10)14(13(16)17)4-3-5-14/h6-9H,3-5H2,1-2H3,(H,16,17). The lowest BCUT2D eigenvalue weighted by molar-refractivity contribution is -0.147. The van der Waals surface area contributed by atoms with Gasteiger partial charge >= 0.3 is 5.97 Å². The number of halogens is 1. The fourth-order valence-electron chi connectivity index (χ4n) is 2.38. The van der Waals surface area contributed by atoms with Crippen LogP contribution in [0.15, 0.2) is 18.2 Å². The Hall–Kier alpha value is -1.02. The van der Waals surface area contributed by atoms with Crippen molar-refractivity contribution >= 4 is 17.6 Å². The Morgan fingerprint density at radius 1 is 1.35 bits per heavy atom. The summed E-state index contributed by atoms with van der Waals surface area (Å²) >= 11 is 6.09. The number of benzene rings is 1. The van der Waals surface area contributed by atoms with Gasteiger partial charge in [-0.1, -0.05) is 37.9 Å². The first kappa shape index (κ1) is 12.4. The molecule has 1 aromatic carbocycles. The Morgan fingerprint density at radius 3 is 2.41 bits per heavy atom. The van der Waals surface area contributed by atoms with Crippen molar-refractivity contribution in [3.8, 4) is 0 Å². The van der Waals surface area contributed by atoms with E-state index in [0.717, 1.165) is 30.4 Å². The minimum Gasteiger partial charge on any atom is -0.481 e. The SMILES string of the molecule is CC(C)c1cc(Cl)cc(C2(C(=O)O)CCC2)c1. The number of carboxylic acid groups (broad SMARTS) is 1. The van der Waals surface area contributed by atoms with Crippen LogP contribution in [0.25, 0.3) is 0 Å². The first-order valence-corrected chi connectivity index (χ1v) is 6.38. The first-order valence-electron chi connectivity index (χ1n) is 6.00. The van der Waals surface area contributed by atoms with Crippen LogP contribution in [0, 0.1) is 0 Å². The summed E-state index contributed by atoms with van der Waals surface area (Å²) in [4.78, 5) is 11.5. The molecule has 1 aliphatic rings. The molecule has 17 heavy (non-hydrogen) atoms. The van der Waals surface area contributed by atoms with Gasteiger partial charge in [0, 0.05) is 5.02 Å². The van der Waals surface area contributed by atoms with Crippen molar-refractivity contribution in [2.24, 2.45) is 0 Å². The zero-order valence-electron chi connectivity index (χ0n) is 10.2. The third kappa shape index (κ3) is 2.06. The fraction of sp³-hybridized carbons (Fsp3) is 0.500. The van der Waals surface area contributed by atoms with E-state index in [9.17, 15) is 9.90 Å². The highest BCUT2D eigenvalue weighted by atomic mass is 35.5. The lowest BCUT2D eigenvalue weighted by Gasteiger charge is -2.38. The number of carboxylic acids is 1. The molecule has 2 rings (SSSR count). The Kier molecular flexibility index (Phi) is 3.17. The quantitative estimate of drug-likeness (QED) is 0.884. The van der Waals surface area contributed by atoms with Crippen LogP contribution >= 0.6 is 11.6 Å². The van der Waals surface area contributed by atoms with E-state index in [1.165, 1.54) is 0 Å². The van der Waals surface area contributed by atoms with Crippen molar-refractivity contribution < 1.29 is 9.90 Å². The molecule has 1 fully saturated rings. The average molecular weight is 253 g/mol. The Balaban J connectivity index is 2.48. The van der Waals surface area contributed by atoms with Gasteiger partial charge in [-0.05, 0) is 42.0 Å². The van der Waals surface area contributed by atoms with Gasteiger partial charge in [0.15, 0.2) is 0 Å². The summed E-state index contributed by atoms with van der Waals surface area (Å²) in [5, 5.41) is 10.1. The highest BCUT2D eigenvalue weighted by Gasteiger charge is 2.46. The van der Waals surface area contributed by atoms with Gasteiger partial charge in [-0.25, -0.2) is 0 Å². The predicted molar refractivity (Wildman–Crippen MR) is 68.7 cm³/mol. The summed E-state index contributed by atoms with van der Waals surface area (Å²) < 4.78 is 0. The van der Waals surface area contributed by atoms with E-state index in [1.54, 1.807) is 6.07 Å². The molecule has 0 heterocycles. The summed E-state index contributed by atoms with van der Waals surface area (Å²) in [6.45, 7) is 4.17. The van der Waals surface area contributed by atoms with E-state index in [-0.39, 0.29) is 0 Å². The second-order valence-electron chi connectivity index (χ2n) is 5.17. The van der Waals surface area contributed by atoms with Gasteiger partial charge in [-0.2, -0.15) is 0 Å². The maximum atomic E-state index is 11.5. The van der Waals surface area contributed by atoms with Gasteiger partial charge in [0.05, 0.1) is 5.41 Å². The van der Waals surface area contributed by atoms with Gasteiger partial charge in [-0.3, -0.25) is 4.79 Å². The average Bonchev–Trinajstić information content (AvgIpc) is 2.13. The van der Waals surface area contributed by atoms with Crippen molar-refractivity contribution in [1.82, 2.24) is 0 Å². The summed E-state index contributed by atoms with van der Waals surface area (Å²) in [5.74, 6) is -0.362. The highest BCUT2D eigenvalue weighted by molar-refractivity contribution is 6.30. The Bertz CT molecular complexity index is 448. The molecule has 2 nitrogen and oxygen atoms in total. The van der Waals surface area contributed by atoms with Gasteiger partial charge in [-0.15, -0.1) is 0 Å². The third-order valence-electron chi connectivity index (χ3n) is 3.76. The highest BCUT2D eigenvalue weighted by Crippen LogP contribution is 2.45. The number of rotatable bonds is 3. The van der Waals surface area contributed by atoms with E-state index in [1.807, 2.05) is 12.1 Å². The van der Waals surface area contributed by atoms with E-state index < -0.39 is 11.4 Å². The molecule has 0 aliphatic heterocycles. The number of hydrogen-bond acceptors (Lipinski definition) is 1. The molecular weight excluding hydrogens is 236 g/mol. The number of aliphatic carboxylic acids is 1. The van der Waals surface area contributed by atoms with Crippen molar-refractivity contribution in [3.63, 3.8) is 0 Å². The summed E-state index contributed by atoms with van der Waals surface area (Å²) in [5.41, 5.74) is 1.29. The Labute approximate surface area is 107 Å². The van der Waals surface area contributed by atoms with E-state index in [4.69, 9.17) is 11.6 Å². The fourth-order valence-corrected chi connectivity index (χ4v) is 2.62. The largest absolute Gasteiger partial charge is 0.481 e. The van der Waals surface area contributed by atoms with Gasteiger partial charge in [0.25, 0.3) is 0 Å². The lowest BCUT2D eigenvalue weighted by atomic mass is 9.64. The number of hydrogen-bond donors (Lipinski definition) is 1. The predicted octanol–water partition coefficient (Wildman–Crippen LogP) is 3.97. The van der Waals surface area contributed by atoms with E-state index in [0.29, 0.717) is 10.9 Å². The van der Waals surface area contributed by atoms with Crippen LogP contribution in [0.4, 0.5) is 0 Å². The van der Waals surface area contributed by atoms with Crippen LogP contribution in [0.3, 0.4) is 0 Å². The maximum Gasteiger partial charge on any atom is 0.314 e. The van der Waals surface area contributed by atoms with Crippen molar-refractivity contribution in [2.45, 2.75) is 44.4 Å². The molecule has 0 bridgehead atoms. The zero-order chi connectivity index (χ0) is 12.6. The van der Waals surface area contributed by atoms with E-state index in [2.05, 4.69) is 13.8 Å². The lowest BCUT2D eigenvalue weighted by Crippen LogP contribution is -2.42. The van der Waals surface area contributed by atoms with Crippen molar-refractivity contribution in [1.29, 1.82) is 0 Å². The summed E-state index contributed by atoms with van der Waals surface area (Å²) in [6, 6.07) is 5.73. The number of carbonyl (C=O) groups is 1. The van der Waals surface area contributed by atoms with Crippen molar-refractivity contribution in [2.75, 3.05) is 0 Å². The molecule has 0 aromatic heterocycles. The molecular formula is C14H17ClO2. The second kappa shape index (κ2) is 4.34. The molecule has 0 saturated heterocycles. The molecule has 0 amide bonds. The Morgan fingerprint density at radius 2 is 2.00 bits per heavy atom. The molecule has 0 radical (unpaired) electrons. The van der Waals surface area contributed by atoms with Gasteiger partial charge in [0.1, 0.15) is 0 Å². The van der Waals surface area contributed by atoms with E-state index >= 15 is 0 Å². The van der Waals surface area contributed by atoms with Gasteiger partial charge < -0.3 is 5.11 Å². The molecule has 0 atom stereocenters. The molecule has 1 aromatic rings. The normalized spacial score (nSPS) is 17.9. The molecule has 1 N–H and O–H groups in total. The third-order valence-corrected chi connectivity index (χ3v) is 3.97. The van der Waals surface area contributed by atoms with Crippen LogP contribution in [0.5, 0.6) is 0 Å². The minimum absolute atomic E-state index is 0.360. The van der Waals surface area contributed by atoms with Crippen LogP contribution in [-0.4, -0.2) is 11.1 Å². The van der Waals surface area contributed by atoms with Crippen LogP contribution < -0.4 is 0 Å². The minimum atomic E-state index is -0.722. The molecule has 0 spiro atoms. The topological polar surface area (TPSA) is 37.3 Å². The molecule has 0 unspecified atom stereocenters. The van der Waals surface area contributed by atoms with Crippen LogP contribution in [-0.2, 0) is 10.2 Å². The van der Waals surface area contributed by atoms with Crippen molar-refractivity contribution in [3.05, 3.63) is 34.3 Å². The smallest absolute Gasteiger partial charge is 0.314 e. The molecule has 1 aliphatic carbocycles. The van der Waals surface area contributed by atoms with Gasteiger partial charge in [0.2, 0.25) is 0 Å². The first-order chi connectivity index (χ1) is 7.95. The van der Waals surface area contributed by atoms with Crippen LogP contribution in [0.1, 0.15) is 50.2 Å². The second-order valence-corrected chi connectivity index (χ2v) is 5.61. The zero-order valence-corrected chi connectivity index (χ0v) is 10.9. The monoisotopic (exact) mass is 252 g/mol. The molecule has 92 valence electrons.